The van der Waals surface area contributed by atoms with Crippen LogP contribution in [0.15, 0.2) is 36.5 Å². The molecule has 0 unspecified atom stereocenters. The summed E-state index contributed by atoms with van der Waals surface area (Å²) in [6, 6.07) is 8.86. The molecular weight excluding hydrogens is 224 g/mol. The Balaban J connectivity index is 2.22. The molecule has 17 heavy (non-hydrogen) atoms. The van der Waals surface area contributed by atoms with Gasteiger partial charge in [-0.25, -0.2) is 9.59 Å². The maximum absolute atomic E-state index is 11.2. The Labute approximate surface area is 95.5 Å². The van der Waals surface area contributed by atoms with E-state index in [4.69, 9.17) is 10.1 Å². The lowest BCUT2D eigenvalue weighted by molar-refractivity contribution is -0.163. The Morgan fingerprint density at radius 2 is 1.94 bits per heavy atom. The number of hydrogen-bond acceptors (Lipinski definition) is 5. The molecule has 0 aliphatic carbocycles. The summed E-state index contributed by atoms with van der Waals surface area (Å²) in [5.41, 5.74) is 0.630. The number of carbonyl (C=O) groups is 2. The molecule has 0 atom stereocenters. The van der Waals surface area contributed by atoms with Crippen molar-refractivity contribution in [2.75, 3.05) is 0 Å². The second-order valence-electron chi connectivity index (χ2n) is 3.06. The molecule has 6 heteroatoms. The van der Waals surface area contributed by atoms with E-state index in [2.05, 4.69) is 4.74 Å². The van der Waals surface area contributed by atoms with Gasteiger partial charge in [0, 0.05) is 11.6 Å². The van der Waals surface area contributed by atoms with Crippen LogP contribution in [-0.2, 0) is 14.3 Å². The van der Waals surface area contributed by atoms with Gasteiger partial charge in [-0.3, -0.25) is 0 Å². The van der Waals surface area contributed by atoms with Crippen molar-refractivity contribution < 1.29 is 19.2 Å². The van der Waals surface area contributed by atoms with Gasteiger partial charge in [0.15, 0.2) is 0 Å². The second kappa shape index (κ2) is 4.37. The number of aromatic nitrogens is 1. The summed E-state index contributed by atoms with van der Waals surface area (Å²) in [6.07, 6.45) is 2.59. The average molecular weight is 230 g/mol. The first-order valence-corrected chi connectivity index (χ1v) is 4.61. The minimum absolute atomic E-state index is 0.630. The lowest BCUT2D eigenvalue weighted by Crippen LogP contribution is -2.27. The molecule has 1 heterocycles. The maximum atomic E-state index is 11.2. The second-order valence-corrected chi connectivity index (χ2v) is 3.06. The van der Waals surface area contributed by atoms with Gasteiger partial charge in [0.2, 0.25) is 0 Å². The van der Waals surface area contributed by atoms with Gasteiger partial charge in [0.25, 0.3) is 6.26 Å². The van der Waals surface area contributed by atoms with Crippen LogP contribution in [0.2, 0.25) is 0 Å². The lowest BCUT2D eigenvalue weighted by atomic mass is 10.3. The first-order valence-electron chi connectivity index (χ1n) is 4.61. The standard InChI is InChI=1S/C11H6N2O4/c12-7-16-10(14)11(15)17-13-6-5-8-3-1-2-4-9(8)13/h1-6H. The Kier molecular flexibility index (Phi) is 2.75. The minimum Gasteiger partial charge on any atom is -0.342 e. The molecule has 6 nitrogen and oxygen atoms in total. The number of ether oxygens (including phenoxy) is 1. The van der Waals surface area contributed by atoms with Crippen LogP contribution in [0.4, 0.5) is 0 Å². The Morgan fingerprint density at radius 1 is 1.18 bits per heavy atom. The number of carbonyl (C=O) groups excluding carboxylic acids is 2. The van der Waals surface area contributed by atoms with Gasteiger partial charge in [0.05, 0.1) is 5.52 Å². The molecule has 84 valence electrons. The molecule has 0 bridgehead atoms. The molecule has 0 N–H and O–H groups in total. The van der Waals surface area contributed by atoms with Gasteiger partial charge in [-0.15, -0.1) is 5.26 Å². The molecule has 0 amide bonds. The molecule has 0 aliphatic rings. The van der Waals surface area contributed by atoms with Gasteiger partial charge in [-0.1, -0.05) is 18.2 Å². The van der Waals surface area contributed by atoms with Gasteiger partial charge in [0.1, 0.15) is 0 Å². The summed E-state index contributed by atoms with van der Waals surface area (Å²) in [5.74, 6) is -2.61. The highest BCUT2D eigenvalue weighted by Crippen LogP contribution is 2.13. The number of esters is 1. The van der Waals surface area contributed by atoms with Crippen molar-refractivity contribution in [2.45, 2.75) is 0 Å². The number of rotatable bonds is 1. The SMILES string of the molecule is N#COC(=O)C(=O)On1ccc2ccccc21. The summed E-state index contributed by atoms with van der Waals surface area (Å²) in [4.78, 5) is 26.8. The van der Waals surface area contributed by atoms with E-state index in [1.165, 1.54) is 6.20 Å². The number of hydrogen-bond donors (Lipinski definition) is 0. The predicted molar refractivity (Wildman–Crippen MR) is 55.2 cm³/mol. The summed E-state index contributed by atoms with van der Waals surface area (Å²) in [5, 5.41) is 8.93. The van der Waals surface area contributed by atoms with Crippen LogP contribution in [0, 0.1) is 11.5 Å². The van der Waals surface area contributed by atoms with Crippen molar-refractivity contribution in [1.82, 2.24) is 4.73 Å². The summed E-state index contributed by atoms with van der Waals surface area (Å²) >= 11 is 0. The number of nitrogens with zero attached hydrogens (tertiary/aromatic N) is 2. The van der Waals surface area contributed by atoms with Crippen LogP contribution in [0.25, 0.3) is 10.9 Å². The molecule has 0 radical (unpaired) electrons. The Bertz CT molecular complexity index is 624. The molecule has 1 aromatic heterocycles. The molecule has 0 aliphatic heterocycles. The highest BCUT2D eigenvalue weighted by atomic mass is 16.7. The first-order chi connectivity index (χ1) is 8.22. The van der Waals surface area contributed by atoms with Crippen LogP contribution < -0.4 is 4.84 Å². The average Bonchev–Trinajstić information content (AvgIpc) is 2.73. The van der Waals surface area contributed by atoms with Crippen LogP contribution in [0.3, 0.4) is 0 Å². The minimum atomic E-state index is -1.36. The van der Waals surface area contributed by atoms with Crippen molar-refractivity contribution in [2.24, 2.45) is 0 Å². The Hall–Kier alpha value is -2.81. The highest BCUT2D eigenvalue weighted by Gasteiger charge is 2.19. The van der Waals surface area contributed by atoms with Gasteiger partial charge in [-0.05, 0) is 12.1 Å². The topological polar surface area (TPSA) is 81.3 Å². The van der Waals surface area contributed by atoms with Gasteiger partial charge >= 0.3 is 11.9 Å². The summed E-state index contributed by atoms with van der Waals surface area (Å²) in [6.45, 7) is 0. The molecule has 0 saturated heterocycles. The number of nitriles is 1. The fraction of sp³-hybridized carbons (Fsp3) is 0. The zero-order chi connectivity index (χ0) is 12.3. The van der Waals surface area contributed by atoms with E-state index in [0.29, 0.717) is 5.52 Å². The highest BCUT2D eigenvalue weighted by molar-refractivity contribution is 6.30. The van der Waals surface area contributed by atoms with E-state index in [0.717, 1.165) is 16.4 Å². The van der Waals surface area contributed by atoms with E-state index < -0.39 is 11.9 Å². The molecular formula is C11H6N2O4. The molecule has 0 saturated carbocycles. The summed E-state index contributed by atoms with van der Waals surface area (Å²) < 4.78 is 4.98. The predicted octanol–water partition coefficient (Wildman–Crippen LogP) is 0.621. The molecule has 0 spiro atoms. The van der Waals surface area contributed by atoms with Crippen LogP contribution >= 0.6 is 0 Å². The largest absolute Gasteiger partial charge is 0.443 e. The van der Waals surface area contributed by atoms with E-state index in [1.54, 1.807) is 18.2 Å². The molecule has 0 fully saturated rings. The monoisotopic (exact) mass is 230 g/mol. The number of fused-ring (bicyclic) bond motifs is 1. The normalized spacial score (nSPS) is 9.59. The third-order valence-corrected chi connectivity index (χ3v) is 2.05. The maximum Gasteiger partial charge on any atom is 0.443 e. The first kappa shape index (κ1) is 10.7. The van der Waals surface area contributed by atoms with Crippen molar-refractivity contribution in [3.8, 4) is 6.26 Å². The van der Waals surface area contributed by atoms with E-state index in [-0.39, 0.29) is 0 Å². The van der Waals surface area contributed by atoms with Gasteiger partial charge < -0.3 is 9.57 Å². The smallest absolute Gasteiger partial charge is 0.342 e. The lowest BCUT2D eigenvalue weighted by Gasteiger charge is -2.03. The quantitative estimate of drug-likeness (QED) is 0.407. The fourth-order valence-electron chi connectivity index (χ4n) is 1.35. The molecule has 2 rings (SSSR count). The van der Waals surface area contributed by atoms with Crippen LogP contribution in [-0.4, -0.2) is 16.7 Å². The van der Waals surface area contributed by atoms with Crippen molar-refractivity contribution >= 4 is 22.8 Å². The van der Waals surface area contributed by atoms with E-state index in [9.17, 15) is 9.59 Å². The fourth-order valence-corrected chi connectivity index (χ4v) is 1.35. The van der Waals surface area contributed by atoms with Crippen LogP contribution in [0.5, 0.6) is 0 Å². The van der Waals surface area contributed by atoms with E-state index in [1.807, 2.05) is 12.1 Å². The zero-order valence-corrected chi connectivity index (χ0v) is 8.49. The molecule has 1 aromatic carbocycles. The third-order valence-electron chi connectivity index (χ3n) is 2.05. The van der Waals surface area contributed by atoms with Gasteiger partial charge in [-0.2, -0.15) is 4.73 Å². The zero-order valence-electron chi connectivity index (χ0n) is 8.49. The Morgan fingerprint density at radius 3 is 2.71 bits per heavy atom. The molecule has 2 aromatic rings. The number of para-hydroxylation sites is 1. The number of benzene rings is 1. The third kappa shape index (κ3) is 2.08. The van der Waals surface area contributed by atoms with Crippen molar-refractivity contribution in [1.29, 1.82) is 5.26 Å². The van der Waals surface area contributed by atoms with Crippen LogP contribution in [0.1, 0.15) is 0 Å². The van der Waals surface area contributed by atoms with E-state index >= 15 is 0 Å². The van der Waals surface area contributed by atoms with Crippen molar-refractivity contribution in [3.63, 3.8) is 0 Å². The summed E-state index contributed by atoms with van der Waals surface area (Å²) in [7, 11) is 0. The van der Waals surface area contributed by atoms with Crippen molar-refractivity contribution in [3.05, 3.63) is 36.5 Å².